The fraction of sp³-hybridized carbons (Fsp3) is 0.783. The normalized spacial score (nSPS) is 23.0. The van der Waals surface area contributed by atoms with Crippen LogP contribution in [0, 0.1) is 11.8 Å². The van der Waals surface area contributed by atoms with Crippen LogP contribution in [-0.2, 0) is 22.4 Å². The number of nitrogens with one attached hydrogen (secondary N) is 1. The summed E-state index contributed by atoms with van der Waals surface area (Å²) in [5.74, 6) is 1.30. The number of rotatable bonds is 6. The summed E-state index contributed by atoms with van der Waals surface area (Å²) in [6, 6.07) is 0. The predicted octanol–water partition coefficient (Wildman–Crippen LogP) is 2.15. The SMILES string of the molecule is CC(=O)N1CCN(c2nc3c(s2)CC(C(=O)NCCCN2CCC(C)CC2)CC3)CC1. The molecule has 1 aliphatic carbocycles. The van der Waals surface area contributed by atoms with Crippen LogP contribution in [0.3, 0.4) is 0 Å². The first kappa shape index (κ1) is 22.5. The standard InChI is InChI=1S/C23H37N5O2S/c1-17-6-10-26(11-7-17)9-3-8-24-22(30)19-4-5-20-21(16-19)31-23(25-20)28-14-12-27(13-15-28)18(2)29/h17,19H,3-16H2,1-2H3,(H,24,30). The lowest BCUT2D eigenvalue weighted by atomic mass is 9.90. The highest BCUT2D eigenvalue weighted by atomic mass is 32.1. The Kier molecular flexibility index (Phi) is 7.48. The Balaban J connectivity index is 1.21. The maximum Gasteiger partial charge on any atom is 0.223 e. The average molecular weight is 448 g/mol. The Labute approximate surface area is 190 Å². The molecule has 0 spiro atoms. The number of aryl methyl sites for hydroxylation is 1. The molecule has 31 heavy (non-hydrogen) atoms. The minimum absolute atomic E-state index is 0.0752. The molecule has 1 unspecified atom stereocenters. The molecular formula is C23H37N5O2S. The summed E-state index contributed by atoms with van der Waals surface area (Å²) in [5, 5.41) is 4.25. The Hall–Kier alpha value is -1.67. The van der Waals surface area contributed by atoms with Crippen LogP contribution < -0.4 is 10.2 Å². The minimum Gasteiger partial charge on any atom is -0.356 e. The van der Waals surface area contributed by atoms with Crippen molar-refractivity contribution in [3.63, 3.8) is 0 Å². The van der Waals surface area contributed by atoms with Crippen molar-refractivity contribution >= 4 is 28.3 Å². The third-order valence-electron chi connectivity index (χ3n) is 7.12. The lowest BCUT2D eigenvalue weighted by Crippen LogP contribution is -2.48. The number of thiazole rings is 1. The molecule has 0 aromatic carbocycles. The Morgan fingerprint density at radius 2 is 1.84 bits per heavy atom. The third kappa shape index (κ3) is 5.77. The van der Waals surface area contributed by atoms with E-state index in [0.29, 0.717) is 0 Å². The molecule has 3 aliphatic rings. The van der Waals surface area contributed by atoms with Crippen molar-refractivity contribution in [3.05, 3.63) is 10.6 Å². The maximum absolute atomic E-state index is 12.7. The van der Waals surface area contributed by atoms with Gasteiger partial charge in [0, 0.05) is 50.4 Å². The predicted molar refractivity (Wildman–Crippen MR) is 125 cm³/mol. The summed E-state index contributed by atoms with van der Waals surface area (Å²) in [5.41, 5.74) is 1.18. The molecular weight excluding hydrogens is 410 g/mol. The fourth-order valence-electron chi connectivity index (χ4n) is 4.88. The van der Waals surface area contributed by atoms with Crippen molar-refractivity contribution in [3.8, 4) is 0 Å². The second-order valence-electron chi connectivity index (χ2n) is 9.47. The molecule has 4 rings (SSSR count). The summed E-state index contributed by atoms with van der Waals surface area (Å²) in [6.07, 6.45) is 6.25. The highest BCUT2D eigenvalue weighted by Gasteiger charge is 2.29. The molecule has 0 saturated carbocycles. The van der Waals surface area contributed by atoms with Gasteiger partial charge in [-0.2, -0.15) is 0 Å². The van der Waals surface area contributed by atoms with Crippen molar-refractivity contribution < 1.29 is 9.59 Å². The van der Waals surface area contributed by atoms with Crippen molar-refractivity contribution in [1.29, 1.82) is 0 Å². The minimum atomic E-state index is 0.0752. The number of hydrogen-bond acceptors (Lipinski definition) is 6. The van der Waals surface area contributed by atoms with Crippen LogP contribution in [0.2, 0.25) is 0 Å². The largest absolute Gasteiger partial charge is 0.356 e. The average Bonchev–Trinajstić information content (AvgIpc) is 3.21. The van der Waals surface area contributed by atoms with E-state index in [1.54, 1.807) is 18.3 Å². The van der Waals surface area contributed by atoms with Crippen LogP contribution in [0.15, 0.2) is 0 Å². The summed E-state index contributed by atoms with van der Waals surface area (Å²) >= 11 is 1.74. The van der Waals surface area contributed by atoms with Crippen LogP contribution in [0.5, 0.6) is 0 Å². The molecule has 0 bridgehead atoms. The van der Waals surface area contributed by atoms with Crippen molar-refractivity contribution in [2.45, 2.75) is 52.4 Å². The van der Waals surface area contributed by atoms with Gasteiger partial charge in [0.1, 0.15) is 0 Å². The lowest BCUT2D eigenvalue weighted by Gasteiger charge is -2.33. The molecule has 1 aromatic rings. The molecule has 0 radical (unpaired) electrons. The van der Waals surface area contributed by atoms with Crippen LogP contribution in [0.25, 0.3) is 0 Å². The quantitative estimate of drug-likeness (QED) is 0.677. The molecule has 3 heterocycles. The van der Waals surface area contributed by atoms with Gasteiger partial charge in [-0.25, -0.2) is 4.98 Å². The van der Waals surface area contributed by atoms with Crippen LogP contribution in [-0.4, -0.2) is 79.0 Å². The number of nitrogens with zero attached hydrogens (tertiary/aromatic N) is 4. The first-order valence-electron chi connectivity index (χ1n) is 12.0. The number of carbonyl (C=O) groups excluding carboxylic acids is 2. The van der Waals surface area contributed by atoms with Gasteiger partial charge in [-0.05, 0) is 64.1 Å². The van der Waals surface area contributed by atoms with Gasteiger partial charge in [-0.3, -0.25) is 9.59 Å². The molecule has 8 heteroatoms. The maximum atomic E-state index is 12.7. The van der Waals surface area contributed by atoms with Gasteiger partial charge in [0.15, 0.2) is 5.13 Å². The van der Waals surface area contributed by atoms with E-state index in [0.717, 1.165) is 76.0 Å². The Bertz CT molecular complexity index is 766. The topological polar surface area (TPSA) is 68.8 Å². The lowest BCUT2D eigenvalue weighted by molar-refractivity contribution is -0.129. The number of hydrogen-bond donors (Lipinski definition) is 1. The zero-order valence-corrected chi connectivity index (χ0v) is 19.9. The number of piperidine rings is 1. The summed E-state index contributed by atoms with van der Waals surface area (Å²) < 4.78 is 0. The summed E-state index contributed by atoms with van der Waals surface area (Å²) in [7, 11) is 0. The molecule has 7 nitrogen and oxygen atoms in total. The van der Waals surface area contributed by atoms with Crippen molar-refractivity contribution in [1.82, 2.24) is 20.1 Å². The van der Waals surface area contributed by atoms with Crippen molar-refractivity contribution in [2.75, 3.05) is 57.3 Å². The molecule has 2 saturated heterocycles. The van der Waals surface area contributed by atoms with E-state index >= 15 is 0 Å². The smallest absolute Gasteiger partial charge is 0.223 e. The van der Waals surface area contributed by atoms with E-state index in [-0.39, 0.29) is 17.7 Å². The van der Waals surface area contributed by atoms with Gasteiger partial charge >= 0.3 is 0 Å². The zero-order chi connectivity index (χ0) is 21.8. The van der Waals surface area contributed by atoms with Gasteiger partial charge in [-0.1, -0.05) is 6.92 Å². The second kappa shape index (κ2) is 10.3. The monoisotopic (exact) mass is 447 g/mol. The van der Waals surface area contributed by atoms with Gasteiger partial charge in [0.25, 0.3) is 0 Å². The van der Waals surface area contributed by atoms with E-state index in [4.69, 9.17) is 4.98 Å². The van der Waals surface area contributed by atoms with Gasteiger partial charge in [0.05, 0.1) is 5.69 Å². The highest BCUT2D eigenvalue weighted by Crippen LogP contribution is 2.34. The molecule has 1 N–H and O–H groups in total. The third-order valence-corrected chi connectivity index (χ3v) is 8.30. The van der Waals surface area contributed by atoms with Gasteiger partial charge < -0.3 is 20.0 Å². The molecule has 2 fully saturated rings. The molecule has 1 aromatic heterocycles. The van der Waals surface area contributed by atoms with E-state index < -0.39 is 0 Å². The highest BCUT2D eigenvalue weighted by molar-refractivity contribution is 7.15. The fourth-order valence-corrected chi connectivity index (χ4v) is 6.12. The van der Waals surface area contributed by atoms with E-state index in [1.165, 1.54) is 36.5 Å². The number of aromatic nitrogens is 1. The molecule has 2 aliphatic heterocycles. The Morgan fingerprint density at radius 1 is 1.10 bits per heavy atom. The summed E-state index contributed by atoms with van der Waals surface area (Å²) in [6.45, 7) is 11.5. The number of carbonyl (C=O) groups is 2. The summed E-state index contributed by atoms with van der Waals surface area (Å²) in [4.78, 5) is 37.1. The van der Waals surface area contributed by atoms with Crippen LogP contribution in [0.4, 0.5) is 5.13 Å². The van der Waals surface area contributed by atoms with Crippen LogP contribution in [0.1, 0.15) is 50.1 Å². The number of piperazine rings is 1. The number of amides is 2. The van der Waals surface area contributed by atoms with E-state index in [2.05, 4.69) is 22.0 Å². The first-order chi connectivity index (χ1) is 15.0. The van der Waals surface area contributed by atoms with Gasteiger partial charge in [0.2, 0.25) is 11.8 Å². The molecule has 1 atom stereocenters. The molecule has 2 amide bonds. The second-order valence-corrected chi connectivity index (χ2v) is 10.5. The van der Waals surface area contributed by atoms with Gasteiger partial charge in [-0.15, -0.1) is 11.3 Å². The zero-order valence-electron chi connectivity index (χ0n) is 19.1. The van der Waals surface area contributed by atoms with E-state index in [1.807, 2.05) is 4.90 Å². The number of likely N-dealkylation sites (tertiary alicyclic amines) is 1. The van der Waals surface area contributed by atoms with Crippen LogP contribution >= 0.6 is 11.3 Å². The van der Waals surface area contributed by atoms with E-state index in [9.17, 15) is 9.59 Å². The number of fused-ring (bicyclic) bond motifs is 1. The Morgan fingerprint density at radius 3 is 2.55 bits per heavy atom. The first-order valence-corrected chi connectivity index (χ1v) is 12.8. The number of anilines is 1. The van der Waals surface area contributed by atoms with Crippen molar-refractivity contribution in [2.24, 2.45) is 11.8 Å². The molecule has 172 valence electrons.